The minimum Gasteiger partial charge on any atom is -0.394 e. The summed E-state index contributed by atoms with van der Waals surface area (Å²) in [6.45, 7) is 3.80. The van der Waals surface area contributed by atoms with E-state index in [4.69, 9.17) is 9.47 Å². The first-order valence-corrected chi connectivity index (χ1v) is 32.4. The molecular weight excluding hydrogens is 935 g/mol. The molecule has 1 aliphatic heterocycles. The summed E-state index contributed by atoms with van der Waals surface area (Å²) in [5.41, 5.74) is 0. The van der Waals surface area contributed by atoms with Gasteiger partial charge in [0.05, 0.1) is 25.4 Å². The fourth-order valence-electron chi connectivity index (χ4n) is 10.3. The highest BCUT2D eigenvalue weighted by Crippen LogP contribution is 2.23. The molecule has 1 amide bonds. The Balaban J connectivity index is 2.17. The van der Waals surface area contributed by atoms with Gasteiger partial charge in [0.2, 0.25) is 5.91 Å². The third kappa shape index (κ3) is 44.7. The molecule has 0 radical (unpaired) electrons. The molecule has 1 fully saturated rings. The van der Waals surface area contributed by atoms with Crippen LogP contribution in [0.4, 0.5) is 0 Å². The zero-order chi connectivity index (χ0) is 54.3. The molecular formula is C66H123NO8. The number of carbonyl (C=O) groups is 1. The lowest BCUT2D eigenvalue weighted by atomic mass is 9.99. The van der Waals surface area contributed by atoms with E-state index in [0.717, 1.165) is 51.4 Å². The van der Waals surface area contributed by atoms with E-state index in [9.17, 15) is 30.3 Å². The van der Waals surface area contributed by atoms with Crippen molar-refractivity contribution in [3.8, 4) is 0 Å². The number of ether oxygens (including phenoxy) is 2. The van der Waals surface area contributed by atoms with Gasteiger partial charge in [0.15, 0.2) is 6.29 Å². The van der Waals surface area contributed by atoms with Crippen molar-refractivity contribution in [2.45, 2.75) is 352 Å². The topological polar surface area (TPSA) is 149 Å². The third-order valence-corrected chi connectivity index (χ3v) is 15.4. The number of hydrogen-bond acceptors (Lipinski definition) is 8. The van der Waals surface area contributed by atoms with Crippen LogP contribution in [0.3, 0.4) is 0 Å². The SMILES string of the molecule is CCCCCCC/C=C\C/C=C\C/C=C\CCCCCCCCCCCCCCCCC(=O)NC(COC1OC(CO)C(O)C(O)C1O)C(O)/C=C/CCCCCCCCCCCCCCCCCCCCCCC. The Morgan fingerprint density at radius 3 is 1.16 bits per heavy atom. The number of amides is 1. The van der Waals surface area contributed by atoms with Gasteiger partial charge < -0.3 is 40.3 Å². The van der Waals surface area contributed by atoms with E-state index >= 15 is 0 Å². The van der Waals surface area contributed by atoms with Gasteiger partial charge in [-0.25, -0.2) is 0 Å². The fraction of sp³-hybridized carbons (Fsp3) is 0.864. The molecule has 0 bridgehead atoms. The smallest absolute Gasteiger partial charge is 0.220 e. The molecule has 0 aromatic rings. The van der Waals surface area contributed by atoms with Gasteiger partial charge in [-0.05, 0) is 57.8 Å². The first-order valence-electron chi connectivity index (χ1n) is 32.4. The van der Waals surface area contributed by atoms with Crippen LogP contribution in [0.2, 0.25) is 0 Å². The Hall–Kier alpha value is -1.85. The largest absolute Gasteiger partial charge is 0.394 e. The van der Waals surface area contributed by atoms with Gasteiger partial charge in [-0.15, -0.1) is 0 Å². The average molecular weight is 1060 g/mol. The molecule has 1 aliphatic rings. The molecule has 1 rings (SSSR count). The molecule has 9 nitrogen and oxygen atoms in total. The highest BCUT2D eigenvalue weighted by molar-refractivity contribution is 5.76. The summed E-state index contributed by atoms with van der Waals surface area (Å²) in [6, 6.07) is -0.807. The fourth-order valence-corrected chi connectivity index (χ4v) is 10.3. The van der Waals surface area contributed by atoms with Crippen LogP contribution in [-0.4, -0.2) is 87.5 Å². The highest BCUT2D eigenvalue weighted by atomic mass is 16.7. The van der Waals surface area contributed by atoms with Crippen LogP contribution in [0.15, 0.2) is 48.6 Å². The van der Waals surface area contributed by atoms with Gasteiger partial charge in [-0.1, -0.05) is 294 Å². The Morgan fingerprint density at radius 2 is 0.787 bits per heavy atom. The van der Waals surface area contributed by atoms with Gasteiger partial charge in [-0.3, -0.25) is 4.79 Å². The molecule has 0 aromatic carbocycles. The maximum atomic E-state index is 13.1. The summed E-state index contributed by atoms with van der Waals surface area (Å²) in [4.78, 5) is 13.1. The summed E-state index contributed by atoms with van der Waals surface area (Å²) in [5, 5.41) is 54.7. The van der Waals surface area contributed by atoms with Crippen LogP contribution in [0.25, 0.3) is 0 Å². The van der Waals surface area contributed by atoms with Crippen molar-refractivity contribution in [3.05, 3.63) is 48.6 Å². The molecule has 440 valence electrons. The number of nitrogens with one attached hydrogen (secondary N) is 1. The van der Waals surface area contributed by atoms with Crippen molar-refractivity contribution in [1.82, 2.24) is 5.32 Å². The second kappa shape index (κ2) is 55.5. The molecule has 7 atom stereocenters. The molecule has 0 aromatic heterocycles. The number of allylic oxidation sites excluding steroid dienone is 7. The monoisotopic (exact) mass is 1060 g/mol. The van der Waals surface area contributed by atoms with Crippen LogP contribution < -0.4 is 5.32 Å². The molecule has 6 N–H and O–H groups in total. The maximum absolute atomic E-state index is 13.1. The van der Waals surface area contributed by atoms with Crippen LogP contribution in [-0.2, 0) is 14.3 Å². The van der Waals surface area contributed by atoms with Gasteiger partial charge in [-0.2, -0.15) is 0 Å². The van der Waals surface area contributed by atoms with E-state index in [-0.39, 0.29) is 12.5 Å². The van der Waals surface area contributed by atoms with Gasteiger partial charge >= 0.3 is 0 Å². The third-order valence-electron chi connectivity index (χ3n) is 15.4. The van der Waals surface area contributed by atoms with Crippen LogP contribution in [0, 0.1) is 0 Å². The summed E-state index contributed by atoms with van der Waals surface area (Å²) < 4.78 is 11.3. The number of rotatable bonds is 56. The van der Waals surface area contributed by atoms with E-state index < -0.39 is 49.5 Å². The van der Waals surface area contributed by atoms with Crippen molar-refractivity contribution in [2.24, 2.45) is 0 Å². The number of aliphatic hydroxyl groups excluding tert-OH is 5. The van der Waals surface area contributed by atoms with Crippen molar-refractivity contribution >= 4 is 5.91 Å². The van der Waals surface area contributed by atoms with Crippen LogP contribution >= 0.6 is 0 Å². The lowest BCUT2D eigenvalue weighted by Gasteiger charge is -2.40. The summed E-state index contributed by atoms with van der Waals surface area (Å²) >= 11 is 0. The van der Waals surface area contributed by atoms with Gasteiger partial charge in [0.25, 0.3) is 0 Å². The summed E-state index contributed by atoms with van der Waals surface area (Å²) in [7, 11) is 0. The highest BCUT2D eigenvalue weighted by Gasteiger charge is 2.44. The Bertz CT molecular complexity index is 1320. The standard InChI is InChI=1S/C66H123NO8/c1-3-5-7-9-11-13-15-17-19-21-23-25-27-28-29-30-31-32-34-36-38-40-42-44-46-48-50-52-54-56-62(70)67-59(58-74-66-65(73)64(72)63(71)61(57-68)75-66)60(69)55-53-51-49-47-45-43-41-39-37-35-33-26-24-22-20-18-16-14-12-10-8-6-4-2/h15,17,21,23,27-28,53,55,59-61,63-66,68-69,71-73H,3-14,16,18-20,22,24-26,29-52,54,56-58H2,1-2H3,(H,67,70)/b17-15-,23-21-,28-27-,55-53+. The molecule has 0 spiro atoms. The Labute approximate surface area is 463 Å². The number of aliphatic hydroxyl groups is 5. The number of hydrogen-bond donors (Lipinski definition) is 6. The van der Waals surface area contributed by atoms with Crippen molar-refractivity contribution in [2.75, 3.05) is 13.2 Å². The molecule has 7 unspecified atom stereocenters. The first-order chi connectivity index (χ1) is 36.8. The molecule has 1 heterocycles. The van der Waals surface area contributed by atoms with Crippen molar-refractivity contribution in [3.63, 3.8) is 0 Å². The van der Waals surface area contributed by atoms with Crippen molar-refractivity contribution in [1.29, 1.82) is 0 Å². The molecule has 1 saturated heterocycles. The number of carbonyl (C=O) groups excluding carboxylic acids is 1. The Kier molecular flexibility index (Phi) is 52.6. The van der Waals surface area contributed by atoms with Crippen LogP contribution in [0.1, 0.15) is 309 Å². The van der Waals surface area contributed by atoms with E-state index in [0.29, 0.717) is 6.42 Å². The maximum Gasteiger partial charge on any atom is 0.220 e. The second-order valence-electron chi connectivity index (χ2n) is 22.6. The van der Waals surface area contributed by atoms with E-state index in [1.807, 2.05) is 6.08 Å². The first kappa shape index (κ1) is 71.2. The normalized spacial score (nSPS) is 19.2. The molecule has 75 heavy (non-hydrogen) atoms. The van der Waals surface area contributed by atoms with Crippen LogP contribution in [0.5, 0.6) is 0 Å². The zero-order valence-corrected chi connectivity index (χ0v) is 49.1. The minimum atomic E-state index is -1.57. The molecule has 0 saturated carbocycles. The summed E-state index contributed by atoms with van der Waals surface area (Å²) in [6.07, 6.45) is 67.6. The van der Waals surface area contributed by atoms with E-state index in [1.54, 1.807) is 6.08 Å². The number of unbranched alkanes of at least 4 members (excludes halogenated alkanes) is 40. The Morgan fingerprint density at radius 1 is 0.453 bits per heavy atom. The van der Waals surface area contributed by atoms with E-state index in [1.165, 1.54) is 238 Å². The molecule has 0 aliphatic carbocycles. The minimum absolute atomic E-state index is 0.174. The lowest BCUT2D eigenvalue weighted by molar-refractivity contribution is -0.302. The summed E-state index contributed by atoms with van der Waals surface area (Å²) in [5.74, 6) is -0.174. The predicted molar refractivity (Wildman–Crippen MR) is 318 cm³/mol. The predicted octanol–water partition coefficient (Wildman–Crippen LogP) is 16.9. The molecule has 9 heteroatoms. The lowest BCUT2D eigenvalue weighted by Crippen LogP contribution is -2.60. The zero-order valence-electron chi connectivity index (χ0n) is 49.1. The second-order valence-corrected chi connectivity index (χ2v) is 22.6. The van der Waals surface area contributed by atoms with Gasteiger partial charge in [0, 0.05) is 6.42 Å². The van der Waals surface area contributed by atoms with E-state index in [2.05, 4.69) is 55.6 Å². The average Bonchev–Trinajstić information content (AvgIpc) is 3.41. The van der Waals surface area contributed by atoms with Crippen molar-refractivity contribution < 1.29 is 39.8 Å². The quantitative estimate of drug-likeness (QED) is 0.0261. The van der Waals surface area contributed by atoms with Gasteiger partial charge in [0.1, 0.15) is 24.4 Å².